The first-order chi connectivity index (χ1) is 14.1. The first kappa shape index (κ1) is 20.0. The molecule has 3 rings (SSSR count). The Morgan fingerprint density at radius 2 is 1.72 bits per heavy atom. The second-order valence-corrected chi connectivity index (χ2v) is 5.98. The molecule has 2 aromatic carbocycles. The summed E-state index contributed by atoms with van der Waals surface area (Å²) in [6.07, 6.45) is 1.21. The van der Waals surface area contributed by atoms with Gasteiger partial charge in [-0.05, 0) is 17.7 Å². The maximum Gasteiger partial charge on any atom is 0.344 e. The van der Waals surface area contributed by atoms with Gasteiger partial charge in [0.1, 0.15) is 36.7 Å². The zero-order valence-electron chi connectivity index (χ0n) is 15.8. The standard InChI is InChI=1S/C22H20O7/c1-25-17-8-5-9-18(10-17)27-15-22(24)29-13-19-11-20(23)21(14-26-19)28-12-16-6-3-2-4-7-16/h2-11,14H,12-13,15H2,1H3. The molecule has 0 fully saturated rings. The smallest absolute Gasteiger partial charge is 0.344 e. The molecule has 7 nitrogen and oxygen atoms in total. The van der Waals surface area contributed by atoms with E-state index in [0.717, 1.165) is 5.56 Å². The van der Waals surface area contributed by atoms with Crippen LogP contribution < -0.4 is 19.6 Å². The predicted molar refractivity (Wildman–Crippen MR) is 104 cm³/mol. The summed E-state index contributed by atoms with van der Waals surface area (Å²) in [7, 11) is 1.54. The molecule has 0 N–H and O–H groups in total. The van der Waals surface area contributed by atoms with Gasteiger partial charge >= 0.3 is 5.97 Å². The first-order valence-corrected chi connectivity index (χ1v) is 8.85. The zero-order valence-corrected chi connectivity index (χ0v) is 15.8. The molecule has 3 aromatic rings. The molecule has 0 aliphatic carbocycles. The minimum absolute atomic E-state index is 0.0882. The van der Waals surface area contributed by atoms with Crippen LogP contribution in [0.4, 0.5) is 0 Å². The zero-order chi connectivity index (χ0) is 20.5. The lowest BCUT2D eigenvalue weighted by Crippen LogP contribution is -2.15. The predicted octanol–water partition coefficient (Wildman–Crippen LogP) is 3.35. The third kappa shape index (κ3) is 6.14. The van der Waals surface area contributed by atoms with Gasteiger partial charge < -0.3 is 23.4 Å². The van der Waals surface area contributed by atoms with Gasteiger partial charge in [-0.3, -0.25) is 4.79 Å². The molecule has 29 heavy (non-hydrogen) atoms. The van der Waals surface area contributed by atoms with E-state index in [1.165, 1.54) is 12.3 Å². The van der Waals surface area contributed by atoms with E-state index >= 15 is 0 Å². The summed E-state index contributed by atoms with van der Waals surface area (Å²) >= 11 is 0. The van der Waals surface area contributed by atoms with E-state index in [0.29, 0.717) is 11.5 Å². The van der Waals surface area contributed by atoms with Crippen LogP contribution >= 0.6 is 0 Å². The maximum atomic E-state index is 12.1. The maximum absolute atomic E-state index is 12.1. The molecule has 0 atom stereocenters. The second kappa shape index (κ2) is 9.98. The van der Waals surface area contributed by atoms with Crippen molar-refractivity contribution in [3.63, 3.8) is 0 Å². The van der Waals surface area contributed by atoms with Crippen molar-refractivity contribution in [1.29, 1.82) is 0 Å². The number of benzene rings is 2. The van der Waals surface area contributed by atoms with Gasteiger partial charge in [-0.2, -0.15) is 0 Å². The van der Waals surface area contributed by atoms with Crippen molar-refractivity contribution in [2.45, 2.75) is 13.2 Å². The van der Waals surface area contributed by atoms with Gasteiger partial charge in [0.2, 0.25) is 11.2 Å². The first-order valence-electron chi connectivity index (χ1n) is 8.85. The van der Waals surface area contributed by atoms with Crippen LogP contribution in [0.3, 0.4) is 0 Å². The molecule has 1 heterocycles. The van der Waals surface area contributed by atoms with Crippen molar-refractivity contribution < 1.29 is 28.2 Å². The molecule has 0 saturated heterocycles. The molecule has 0 aliphatic heterocycles. The van der Waals surface area contributed by atoms with Crippen LogP contribution in [0.2, 0.25) is 0 Å². The van der Waals surface area contributed by atoms with Gasteiger partial charge in [-0.15, -0.1) is 0 Å². The Balaban J connectivity index is 1.47. The number of ether oxygens (including phenoxy) is 4. The van der Waals surface area contributed by atoms with Crippen LogP contribution in [0, 0.1) is 0 Å². The number of esters is 1. The van der Waals surface area contributed by atoms with Crippen LogP contribution in [0.1, 0.15) is 11.3 Å². The fourth-order valence-electron chi connectivity index (χ4n) is 2.38. The van der Waals surface area contributed by atoms with Crippen molar-refractivity contribution in [1.82, 2.24) is 0 Å². The molecular formula is C22H20O7. The molecule has 0 radical (unpaired) electrons. The van der Waals surface area contributed by atoms with E-state index in [1.54, 1.807) is 31.4 Å². The summed E-state index contributed by atoms with van der Waals surface area (Å²) in [6.45, 7) is -0.217. The van der Waals surface area contributed by atoms with E-state index in [4.69, 9.17) is 23.4 Å². The lowest BCUT2D eigenvalue weighted by atomic mass is 10.2. The van der Waals surface area contributed by atoms with E-state index in [9.17, 15) is 9.59 Å². The highest BCUT2D eigenvalue weighted by Crippen LogP contribution is 2.18. The summed E-state index contributed by atoms with van der Waals surface area (Å²) in [6, 6.07) is 17.5. The summed E-state index contributed by atoms with van der Waals surface area (Å²) in [5.74, 6) is 0.793. The van der Waals surface area contributed by atoms with Gasteiger partial charge in [0.25, 0.3) is 0 Å². The van der Waals surface area contributed by atoms with Gasteiger partial charge in [-0.1, -0.05) is 36.4 Å². The number of rotatable bonds is 9. The number of hydrogen-bond donors (Lipinski definition) is 0. The average Bonchev–Trinajstić information content (AvgIpc) is 2.76. The molecule has 0 spiro atoms. The quantitative estimate of drug-likeness (QED) is 0.513. The third-order valence-electron chi connectivity index (χ3n) is 3.86. The lowest BCUT2D eigenvalue weighted by Gasteiger charge is -2.08. The highest BCUT2D eigenvalue weighted by molar-refractivity contribution is 5.71. The Morgan fingerprint density at radius 3 is 2.48 bits per heavy atom. The van der Waals surface area contributed by atoms with E-state index in [2.05, 4.69) is 0 Å². The van der Waals surface area contributed by atoms with Crippen LogP contribution in [0.25, 0.3) is 0 Å². The van der Waals surface area contributed by atoms with Gasteiger partial charge in [-0.25, -0.2) is 4.79 Å². The summed E-state index contributed by atoms with van der Waals surface area (Å²) in [5.41, 5.74) is 0.576. The number of carbonyl (C=O) groups excluding carboxylic acids is 1. The summed E-state index contributed by atoms with van der Waals surface area (Å²) in [5, 5.41) is 0. The van der Waals surface area contributed by atoms with Gasteiger partial charge in [0.15, 0.2) is 6.61 Å². The van der Waals surface area contributed by atoms with E-state index in [-0.39, 0.29) is 36.8 Å². The summed E-state index contributed by atoms with van der Waals surface area (Å²) in [4.78, 5) is 23.9. The number of carbonyl (C=O) groups is 1. The van der Waals surface area contributed by atoms with Crippen molar-refractivity contribution in [3.8, 4) is 17.2 Å². The minimum Gasteiger partial charge on any atom is -0.497 e. The molecule has 1 aromatic heterocycles. The van der Waals surface area contributed by atoms with Gasteiger partial charge in [0.05, 0.1) is 7.11 Å². The molecule has 0 bridgehead atoms. The average molecular weight is 396 g/mol. The third-order valence-corrected chi connectivity index (χ3v) is 3.86. The molecule has 7 heteroatoms. The largest absolute Gasteiger partial charge is 0.497 e. The Bertz CT molecular complexity index is 995. The van der Waals surface area contributed by atoms with Crippen molar-refractivity contribution in [3.05, 3.63) is 88.5 Å². The molecule has 0 amide bonds. The Hall–Kier alpha value is -3.74. The second-order valence-electron chi connectivity index (χ2n) is 5.98. The Kier molecular flexibility index (Phi) is 6.89. The van der Waals surface area contributed by atoms with Crippen LogP contribution in [0.5, 0.6) is 17.2 Å². The fraction of sp³-hybridized carbons (Fsp3) is 0.182. The van der Waals surface area contributed by atoms with Gasteiger partial charge in [0, 0.05) is 12.1 Å². The van der Waals surface area contributed by atoms with Crippen LogP contribution in [-0.4, -0.2) is 19.7 Å². The normalized spacial score (nSPS) is 10.2. The molecule has 0 unspecified atom stereocenters. The molecule has 0 saturated carbocycles. The van der Waals surface area contributed by atoms with Crippen molar-refractivity contribution >= 4 is 5.97 Å². The highest BCUT2D eigenvalue weighted by atomic mass is 16.6. The molecule has 0 aliphatic rings. The fourth-order valence-corrected chi connectivity index (χ4v) is 2.38. The topological polar surface area (TPSA) is 84.2 Å². The number of hydrogen-bond acceptors (Lipinski definition) is 7. The van der Waals surface area contributed by atoms with E-state index in [1.807, 2.05) is 30.3 Å². The Morgan fingerprint density at radius 1 is 0.931 bits per heavy atom. The number of methoxy groups -OCH3 is 1. The summed E-state index contributed by atoms with van der Waals surface area (Å²) < 4.78 is 26.3. The molecule has 150 valence electrons. The van der Waals surface area contributed by atoms with Crippen molar-refractivity contribution in [2.24, 2.45) is 0 Å². The minimum atomic E-state index is -0.597. The lowest BCUT2D eigenvalue weighted by molar-refractivity contribution is -0.147. The highest BCUT2D eigenvalue weighted by Gasteiger charge is 2.09. The van der Waals surface area contributed by atoms with Crippen LogP contribution in [-0.2, 0) is 22.7 Å². The molecular weight excluding hydrogens is 376 g/mol. The van der Waals surface area contributed by atoms with Crippen molar-refractivity contribution in [2.75, 3.05) is 13.7 Å². The van der Waals surface area contributed by atoms with E-state index < -0.39 is 5.97 Å². The SMILES string of the molecule is COc1cccc(OCC(=O)OCc2cc(=O)c(OCc3ccccc3)co2)c1. The Labute approximate surface area is 167 Å². The van der Waals surface area contributed by atoms with Crippen LogP contribution in [0.15, 0.2) is 76.1 Å². The monoisotopic (exact) mass is 396 g/mol.